The molecule has 0 aliphatic heterocycles. The topological polar surface area (TPSA) is 108 Å². The standard InChI is InChI=1S/C14H23N7/c1-2-3-4-17-13-12-11(18-14(16)19-13)8-21(20-12)7-10-5-9(10)6-15/h8-10H,2-7,15H2,1H3,(H3,16,17,18,19). The fourth-order valence-corrected chi connectivity index (χ4v) is 2.64. The van der Waals surface area contributed by atoms with Gasteiger partial charge in [-0.2, -0.15) is 10.1 Å². The van der Waals surface area contributed by atoms with Crippen LogP contribution < -0.4 is 16.8 Å². The zero-order valence-electron chi connectivity index (χ0n) is 12.4. The molecule has 0 saturated heterocycles. The van der Waals surface area contributed by atoms with Crippen molar-refractivity contribution in [2.45, 2.75) is 32.7 Å². The third kappa shape index (κ3) is 3.07. The van der Waals surface area contributed by atoms with Crippen LogP contribution >= 0.6 is 0 Å². The fraction of sp³-hybridized carbons (Fsp3) is 0.643. The summed E-state index contributed by atoms with van der Waals surface area (Å²) in [6.07, 6.45) is 5.37. The van der Waals surface area contributed by atoms with E-state index in [4.69, 9.17) is 11.5 Å². The number of nitrogens with two attached hydrogens (primary N) is 2. The van der Waals surface area contributed by atoms with E-state index in [1.165, 1.54) is 6.42 Å². The maximum atomic E-state index is 5.78. The van der Waals surface area contributed by atoms with Crippen LogP contribution in [-0.4, -0.2) is 32.8 Å². The highest BCUT2D eigenvalue weighted by atomic mass is 15.3. The molecule has 0 radical (unpaired) electrons. The fourth-order valence-electron chi connectivity index (χ4n) is 2.64. The number of aromatic nitrogens is 4. The van der Waals surface area contributed by atoms with Crippen LogP contribution in [0.3, 0.4) is 0 Å². The SMILES string of the molecule is CCCCNc1nc(N)nc2cn(CC3CC3CN)nc12. The van der Waals surface area contributed by atoms with Gasteiger partial charge in [0.25, 0.3) is 0 Å². The summed E-state index contributed by atoms with van der Waals surface area (Å²) in [4.78, 5) is 8.54. The molecular weight excluding hydrogens is 266 g/mol. The Kier molecular flexibility index (Phi) is 3.92. The van der Waals surface area contributed by atoms with Crippen molar-refractivity contribution in [2.24, 2.45) is 17.6 Å². The quantitative estimate of drug-likeness (QED) is 0.661. The van der Waals surface area contributed by atoms with E-state index in [0.717, 1.165) is 49.3 Å². The summed E-state index contributed by atoms with van der Waals surface area (Å²) >= 11 is 0. The second kappa shape index (κ2) is 5.85. The van der Waals surface area contributed by atoms with E-state index < -0.39 is 0 Å². The molecule has 1 fully saturated rings. The van der Waals surface area contributed by atoms with Crippen molar-refractivity contribution in [3.8, 4) is 0 Å². The van der Waals surface area contributed by atoms with Crippen LogP contribution in [0.25, 0.3) is 11.0 Å². The van der Waals surface area contributed by atoms with Crippen LogP contribution in [0.2, 0.25) is 0 Å². The molecule has 1 aliphatic rings. The first-order valence-electron chi connectivity index (χ1n) is 7.66. The van der Waals surface area contributed by atoms with Crippen molar-refractivity contribution >= 4 is 22.8 Å². The van der Waals surface area contributed by atoms with Gasteiger partial charge in [0.15, 0.2) is 11.3 Å². The Morgan fingerprint density at radius 3 is 2.95 bits per heavy atom. The van der Waals surface area contributed by atoms with Crippen LogP contribution in [-0.2, 0) is 6.54 Å². The molecule has 114 valence electrons. The molecule has 1 aliphatic carbocycles. The highest BCUT2D eigenvalue weighted by molar-refractivity contribution is 5.85. The molecule has 0 spiro atoms. The second-order valence-electron chi connectivity index (χ2n) is 5.79. The van der Waals surface area contributed by atoms with Gasteiger partial charge in [0, 0.05) is 13.1 Å². The molecule has 3 rings (SSSR count). The van der Waals surface area contributed by atoms with E-state index in [0.29, 0.717) is 11.8 Å². The van der Waals surface area contributed by atoms with E-state index in [9.17, 15) is 0 Å². The summed E-state index contributed by atoms with van der Waals surface area (Å²) in [5.41, 5.74) is 13.1. The Morgan fingerprint density at radius 1 is 1.38 bits per heavy atom. The number of nitrogen functional groups attached to an aromatic ring is 1. The van der Waals surface area contributed by atoms with Crippen LogP contribution in [0, 0.1) is 11.8 Å². The van der Waals surface area contributed by atoms with Crippen molar-refractivity contribution < 1.29 is 0 Å². The normalized spacial score (nSPS) is 20.9. The first kappa shape index (κ1) is 14.1. The number of unbranched alkanes of at least 4 members (excludes halogenated alkanes) is 1. The molecule has 0 amide bonds. The summed E-state index contributed by atoms with van der Waals surface area (Å²) < 4.78 is 1.95. The van der Waals surface area contributed by atoms with Gasteiger partial charge in [0.2, 0.25) is 5.95 Å². The summed E-state index contributed by atoms with van der Waals surface area (Å²) in [6.45, 7) is 4.69. The minimum atomic E-state index is 0.285. The summed E-state index contributed by atoms with van der Waals surface area (Å²) in [7, 11) is 0. The number of nitrogens with zero attached hydrogens (tertiary/aromatic N) is 4. The van der Waals surface area contributed by atoms with Gasteiger partial charge in [-0.3, -0.25) is 4.68 Å². The van der Waals surface area contributed by atoms with Crippen molar-refractivity contribution in [3.05, 3.63) is 6.20 Å². The van der Waals surface area contributed by atoms with Gasteiger partial charge in [-0.25, -0.2) is 4.98 Å². The Bertz CT molecular complexity index is 621. The predicted octanol–water partition coefficient (Wildman–Crippen LogP) is 1.22. The van der Waals surface area contributed by atoms with E-state index in [1.54, 1.807) is 0 Å². The average molecular weight is 289 g/mol. The molecule has 0 bridgehead atoms. The smallest absolute Gasteiger partial charge is 0.222 e. The molecule has 7 heteroatoms. The van der Waals surface area contributed by atoms with Crippen molar-refractivity contribution in [2.75, 3.05) is 24.1 Å². The molecule has 0 aromatic carbocycles. The van der Waals surface area contributed by atoms with Gasteiger partial charge < -0.3 is 16.8 Å². The van der Waals surface area contributed by atoms with Gasteiger partial charge >= 0.3 is 0 Å². The maximum Gasteiger partial charge on any atom is 0.222 e. The molecule has 2 unspecified atom stereocenters. The highest BCUT2D eigenvalue weighted by Crippen LogP contribution is 2.38. The zero-order chi connectivity index (χ0) is 14.8. The van der Waals surface area contributed by atoms with Crippen molar-refractivity contribution in [3.63, 3.8) is 0 Å². The largest absolute Gasteiger partial charge is 0.368 e. The summed E-state index contributed by atoms with van der Waals surface area (Å²) in [6, 6.07) is 0. The number of anilines is 2. The molecule has 1 saturated carbocycles. The van der Waals surface area contributed by atoms with Crippen LogP contribution in [0.15, 0.2) is 6.20 Å². The van der Waals surface area contributed by atoms with Crippen LogP contribution in [0.5, 0.6) is 0 Å². The molecule has 2 atom stereocenters. The summed E-state index contributed by atoms with van der Waals surface area (Å²) in [5.74, 6) is 2.31. The lowest BCUT2D eigenvalue weighted by Gasteiger charge is -2.05. The maximum absolute atomic E-state index is 5.78. The van der Waals surface area contributed by atoms with E-state index in [-0.39, 0.29) is 5.95 Å². The van der Waals surface area contributed by atoms with Crippen molar-refractivity contribution in [1.29, 1.82) is 0 Å². The third-order valence-electron chi connectivity index (χ3n) is 4.04. The van der Waals surface area contributed by atoms with Gasteiger partial charge in [0.05, 0.1) is 6.20 Å². The minimum Gasteiger partial charge on any atom is -0.368 e. The lowest BCUT2D eigenvalue weighted by Crippen LogP contribution is -2.08. The molecule has 2 aromatic rings. The van der Waals surface area contributed by atoms with Gasteiger partial charge in [-0.15, -0.1) is 0 Å². The van der Waals surface area contributed by atoms with Gasteiger partial charge in [-0.1, -0.05) is 13.3 Å². The lowest BCUT2D eigenvalue weighted by atomic mass is 10.3. The summed E-state index contributed by atoms with van der Waals surface area (Å²) in [5, 5.41) is 7.92. The molecular formula is C14H23N7. The number of hydrogen-bond donors (Lipinski definition) is 3. The Hall–Kier alpha value is -1.89. The monoisotopic (exact) mass is 289 g/mol. The Morgan fingerprint density at radius 2 is 2.24 bits per heavy atom. The molecule has 7 nitrogen and oxygen atoms in total. The second-order valence-corrected chi connectivity index (χ2v) is 5.79. The number of fused-ring (bicyclic) bond motifs is 1. The first-order chi connectivity index (χ1) is 10.2. The molecule has 21 heavy (non-hydrogen) atoms. The van der Waals surface area contributed by atoms with E-state index in [2.05, 4.69) is 27.3 Å². The van der Waals surface area contributed by atoms with Gasteiger partial charge in [0.1, 0.15) is 5.52 Å². The van der Waals surface area contributed by atoms with Crippen LogP contribution in [0.4, 0.5) is 11.8 Å². The Balaban J connectivity index is 1.80. The number of rotatable bonds is 7. The van der Waals surface area contributed by atoms with E-state index in [1.807, 2.05) is 10.9 Å². The Labute approximate surface area is 124 Å². The highest BCUT2D eigenvalue weighted by Gasteiger charge is 2.36. The number of nitrogens with one attached hydrogen (secondary N) is 1. The minimum absolute atomic E-state index is 0.285. The first-order valence-corrected chi connectivity index (χ1v) is 7.66. The number of hydrogen-bond acceptors (Lipinski definition) is 6. The zero-order valence-corrected chi connectivity index (χ0v) is 12.4. The predicted molar refractivity (Wildman–Crippen MR) is 83.8 cm³/mol. The van der Waals surface area contributed by atoms with Crippen LogP contribution in [0.1, 0.15) is 26.2 Å². The molecule has 2 heterocycles. The molecule has 5 N–H and O–H groups in total. The average Bonchev–Trinajstić information content (AvgIpc) is 3.08. The lowest BCUT2D eigenvalue weighted by molar-refractivity contribution is 0.536. The van der Waals surface area contributed by atoms with Crippen molar-refractivity contribution in [1.82, 2.24) is 19.7 Å². The third-order valence-corrected chi connectivity index (χ3v) is 4.04. The molecule has 2 aromatic heterocycles. The van der Waals surface area contributed by atoms with Gasteiger partial charge in [-0.05, 0) is 31.2 Å². The van der Waals surface area contributed by atoms with E-state index >= 15 is 0 Å².